The maximum absolute atomic E-state index is 11.6. The highest BCUT2D eigenvalue weighted by molar-refractivity contribution is 5.91. The van der Waals surface area contributed by atoms with Gasteiger partial charge in [0.25, 0.3) is 0 Å². The molecular weight excluding hydrogens is 222 g/mol. The van der Waals surface area contributed by atoms with E-state index in [1.54, 1.807) is 12.2 Å². The number of rotatable bonds is 4. The summed E-state index contributed by atoms with van der Waals surface area (Å²) in [6.45, 7) is 0.554. The zero-order valence-corrected chi connectivity index (χ0v) is 10.0. The quantitative estimate of drug-likeness (QED) is 0.814. The molecule has 0 aromatic heterocycles. The van der Waals surface area contributed by atoms with E-state index < -0.39 is 0 Å². The van der Waals surface area contributed by atoms with E-state index in [-0.39, 0.29) is 5.91 Å². The third-order valence-corrected chi connectivity index (χ3v) is 2.54. The monoisotopic (exact) mass is 237 g/mol. The van der Waals surface area contributed by atoms with Gasteiger partial charge in [-0.15, -0.1) is 0 Å². The highest BCUT2D eigenvalue weighted by Crippen LogP contribution is 2.01. The molecule has 18 heavy (non-hydrogen) atoms. The Morgan fingerprint density at radius 2 is 1.56 bits per heavy atom. The van der Waals surface area contributed by atoms with Crippen LogP contribution in [0.3, 0.4) is 0 Å². The van der Waals surface area contributed by atoms with Crippen LogP contribution in [-0.4, -0.2) is 5.91 Å². The second-order valence-electron chi connectivity index (χ2n) is 3.95. The first kappa shape index (κ1) is 12.1. The molecule has 0 aliphatic heterocycles. The van der Waals surface area contributed by atoms with Gasteiger partial charge in [-0.05, 0) is 17.2 Å². The molecule has 2 aromatic carbocycles. The molecule has 0 fully saturated rings. The summed E-state index contributed by atoms with van der Waals surface area (Å²) < 4.78 is 0. The zero-order chi connectivity index (χ0) is 12.6. The smallest absolute Gasteiger partial charge is 0.244 e. The molecule has 0 aliphatic rings. The maximum Gasteiger partial charge on any atom is 0.244 e. The van der Waals surface area contributed by atoms with Crippen molar-refractivity contribution in [3.8, 4) is 0 Å². The Balaban J connectivity index is 1.84. The van der Waals surface area contributed by atoms with Gasteiger partial charge in [0.05, 0.1) is 0 Å². The number of carbonyl (C=O) groups excluding carboxylic acids is 1. The second-order valence-corrected chi connectivity index (χ2v) is 3.95. The van der Waals surface area contributed by atoms with Gasteiger partial charge in [-0.3, -0.25) is 4.79 Å². The molecule has 0 radical (unpaired) electrons. The van der Waals surface area contributed by atoms with Crippen LogP contribution in [-0.2, 0) is 11.3 Å². The van der Waals surface area contributed by atoms with Crippen LogP contribution in [0, 0.1) is 0 Å². The molecular formula is C16H15NO. The highest BCUT2D eigenvalue weighted by atomic mass is 16.1. The lowest BCUT2D eigenvalue weighted by Gasteiger charge is -2.01. The van der Waals surface area contributed by atoms with E-state index >= 15 is 0 Å². The van der Waals surface area contributed by atoms with Gasteiger partial charge in [0.1, 0.15) is 0 Å². The number of nitrogens with one attached hydrogen (secondary N) is 1. The largest absolute Gasteiger partial charge is 0.348 e. The first-order valence-electron chi connectivity index (χ1n) is 5.89. The van der Waals surface area contributed by atoms with Crippen LogP contribution >= 0.6 is 0 Å². The molecule has 0 saturated carbocycles. The molecule has 90 valence electrons. The molecule has 1 N–H and O–H groups in total. The van der Waals surface area contributed by atoms with Crippen LogP contribution < -0.4 is 5.32 Å². The maximum atomic E-state index is 11.6. The van der Waals surface area contributed by atoms with E-state index in [1.165, 1.54) is 0 Å². The Kier molecular flexibility index (Phi) is 4.31. The fourth-order valence-electron chi connectivity index (χ4n) is 1.58. The van der Waals surface area contributed by atoms with Gasteiger partial charge in [0.2, 0.25) is 5.91 Å². The fraction of sp³-hybridized carbons (Fsp3) is 0.0625. The van der Waals surface area contributed by atoms with Crippen LogP contribution in [0.25, 0.3) is 6.08 Å². The van der Waals surface area contributed by atoms with E-state index in [4.69, 9.17) is 0 Å². The number of benzene rings is 2. The molecule has 2 aromatic rings. The minimum atomic E-state index is -0.0808. The van der Waals surface area contributed by atoms with Crippen LogP contribution in [0.1, 0.15) is 11.1 Å². The molecule has 0 atom stereocenters. The van der Waals surface area contributed by atoms with Crippen molar-refractivity contribution in [2.24, 2.45) is 0 Å². The van der Waals surface area contributed by atoms with Crippen molar-refractivity contribution in [2.75, 3.05) is 0 Å². The third-order valence-electron chi connectivity index (χ3n) is 2.54. The van der Waals surface area contributed by atoms with Crippen LogP contribution in [0.2, 0.25) is 0 Å². The SMILES string of the molecule is O=C(/C=C\c1ccccc1)NCc1ccccc1. The van der Waals surface area contributed by atoms with Gasteiger partial charge in [-0.25, -0.2) is 0 Å². The first-order chi connectivity index (χ1) is 8.84. The van der Waals surface area contributed by atoms with Crippen molar-refractivity contribution in [1.82, 2.24) is 5.32 Å². The molecule has 2 rings (SSSR count). The molecule has 0 unspecified atom stereocenters. The van der Waals surface area contributed by atoms with Gasteiger partial charge in [-0.2, -0.15) is 0 Å². The summed E-state index contributed by atoms with van der Waals surface area (Å²) in [4.78, 5) is 11.6. The average Bonchev–Trinajstić information content (AvgIpc) is 2.45. The van der Waals surface area contributed by atoms with Gasteiger partial charge < -0.3 is 5.32 Å². The second kappa shape index (κ2) is 6.40. The normalized spacial score (nSPS) is 10.4. The van der Waals surface area contributed by atoms with Crippen molar-refractivity contribution >= 4 is 12.0 Å². The Bertz CT molecular complexity index is 517. The summed E-state index contributed by atoms with van der Waals surface area (Å²) in [5.74, 6) is -0.0808. The average molecular weight is 237 g/mol. The number of hydrogen-bond acceptors (Lipinski definition) is 1. The number of carbonyl (C=O) groups is 1. The van der Waals surface area contributed by atoms with Gasteiger partial charge in [0, 0.05) is 12.6 Å². The topological polar surface area (TPSA) is 29.1 Å². The minimum absolute atomic E-state index is 0.0808. The van der Waals surface area contributed by atoms with Crippen LogP contribution in [0.5, 0.6) is 0 Å². The molecule has 2 heteroatoms. The number of hydrogen-bond donors (Lipinski definition) is 1. The van der Waals surface area contributed by atoms with E-state index in [1.807, 2.05) is 60.7 Å². The summed E-state index contributed by atoms with van der Waals surface area (Å²) in [5, 5.41) is 2.84. The van der Waals surface area contributed by atoms with E-state index in [0.29, 0.717) is 6.54 Å². The van der Waals surface area contributed by atoms with Gasteiger partial charge in [0.15, 0.2) is 0 Å². The summed E-state index contributed by atoms with van der Waals surface area (Å²) in [6, 6.07) is 19.6. The van der Waals surface area contributed by atoms with E-state index in [0.717, 1.165) is 11.1 Å². The third kappa shape index (κ3) is 3.91. The van der Waals surface area contributed by atoms with Crippen molar-refractivity contribution in [1.29, 1.82) is 0 Å². The molecule has 0 saturated heterocycles. The summed E-state index contributed by atoms with van der Waals surface area (Å²) >= 11 is 0. The van der Waals surface area contributed by atoms with E-state index in [2.05, 4.69) is 5.32 Å². The Hall–Kier alpha value is -2.35. The van der Waals surface area contributed by atoms with Gasteiger partial charge >= 0.3 is 0 Å². The molecule has 0 spiro atoms. The molecule has 1 amide bonds. The standard InChI is InChI=1S/C16H15NO/c18-16(12-11-14-7-3-1-4-8-14)17-13-15-9-5-2-6-10-15/h1-12H,13H2,(H,17,18)/b12-11-. The van der Waals surface area contributed by atoms with Crippen molar-refractivity contribution < 1.29 is 4.79 Å². The summed E-state index contributed by atoms with van der Waals surface area (Å²) in [5.41, 5.74) is 2.12. The van der Waals surface area contributed by atoms with Gasteiger partial charge in [-0.1, -0.05) is 60.7 Å². The van der Waals surface area contributed by atoms with E-state index in [9.17, 15) is 4.79 Å². The Morgan fingerprint density at radius 3 is 2.22 bits per heavy atom. The molecule has 0 bridgehead atoms. The summed E-state index contributed by atoms with van der Waals surface area (Å²) in [6.07, 6.45) is 3.36. The molecule has 0 aliphatic carbocycles. The molecule has 2 nitrogen and oxygen atoms in total. The minimum Gasteiger partial charge on any atom is -0.348 e. The van der Waals surface area contributed by atoms with Crippen LogP contribution in [0.15, 0.2) is 66.7 Å². The van der Waals surface area contributed by atoms with Crippen molar-refractivity contribution in [3.05, 3.63) is 77.9 Å². The number of amides is 1. The summed E-state index contributed by atoms with van der Waals surface area (Å²) in [7, 11) is 0. The lowest BCUT2D eigenvalue weighted by atomic mass is 10.2. The Morgan fingerprint density at radius 1 is 0.944 bits per heavy atom. The highest BCUT2D eigenvalue weighted by Gasteiger charge is 1.95. The van der Waals surface area contributed by atoms with Crippen molar-refractivity contribution in [2.45, 2.75) is 6.54 Å². The predicted molar refractivity (Wildman–Crippen MR) is 73.8 cm³/mol. The predicted octanol–water partition coefficient (Wildman–Crippen LogP) is 3.02. The van der Waals surface area contributed by atoms with Crippen molar-refractivity contribution in [3.63, 3.8) is 0 Å². The zero-order valence-electron chi connectivity index (χ0n) is 10.0. The van der Waals surface area contributed by atoms with Crippen LogP contribution in [0.4, 0.5) is 0 Å². The lowest BCUT2D eigenvalue weighted by Crippen LogP contribution is -2.20. The lowest BCUT2D eigenvalue weighted by molar-refractivity contribution is -0.116. The Labute approximate surface area is 107 Å². The first-order valence-corrected chi connectivity index (χ1v) is 5.89. The molecule has 0 heterocycles. The fourth-order valence-corrected chi connectivity index (χ4v) is 1.58.